The first-order valence-electron chi connectivity index (χ1n) is 15.6. The van der Waals surface area contributed by atoms with Crippen LogP contribution in [-0.4, -0.2) is 79.1 Å². The summed E-state index contributed by atoms with van der Waals surface area (Å²) in [7, 11) is -6.25. The number of aromatic nitrogens is 8. The third-order valence-electron chi connectivity index (χ3n) is 7.95. The molecule has 0 radical (unpaired) electrons. The zero-order chi connectivity index (χ0) is 40.7. The molecule has 0 fully saturated rings. The normalized spacial score (nSPS) is 12.3. The van der Waals surface area contributed by atoms with E-state index in [-0.39, 0.29) is 23.0 Å². The largest absolute Gasteiger partial charge is 0.378 e. The Labute approximate surface area is 322 Å². The van der Waals surface area contributed by atoms with Gasteiger partial charge < -0.3 is 11.5 Å². The maximum atomic E-state index is 11.6. The van der Waals surface area contributed by atoms with Gasteiger partial charge in [-0.15, -0.1) is 0 Å². The minimum absolute atomic E-state index is 0.0984. The minimum atomic E-state index is -3.23. The molecular weight excluding hydrogens is 824 g/mol. The number of nitrogens with one attached hydrogen (secondary N) is 1. The fraction of sp³-hybridized carbons (Fsp3) is 0.188. The lowest BCUT2D eigenvalue weighted by atomic mass is 10.1. The third kappa shape index (κ3) is 10.5. The van der Waals surface area contributed by atoms with E-state index in [2.05, 4.69) is 51.2 Å². The Morgan fingerprint density at radius 2 is 1.24 bits per heavy atom. The number of H-pyrrole nitrogens is 1. The number of aromatic amines is 1. The van der Waals surface area contributed by atoms with E-state index in [9.17, 15) is 37.1 Å². The zero-order valence-electron chi connectivity index (χ0n) is 29.4. The summed E-state index contributed by atoms with van der Waals surface area (Å²) in [6.07, 6.45) is 14.3. The molecular formula is C32H33BrN12O8S2. The number of sulfone groups is 2. The van der Waals surface area contributed by atoms with Crippen molar-refractivity contribution in [3.8, 4) is 28.1 Å². The molecule has 0 aliphatic carbocycles. The Kier molecular flexibility index (Phi) is 13.1. The molecule has 0 aliphatic rings. The second-order valence-electron chi connectivity index (χ2n) is 11.7. The van der Waals surface area contributed by atoms with Crippen molar-refractivity contribution in [3.63, 3.8) is 0 Å². The Morgan fingerprint density at radius 3 is 1.65 bits per heavy atom. The van der Waals surface area contributed by atoms with Crippen molar-refractivity contribution in [2.24, 2.45) is 0 Å². The van der Waals surface area contributed by atoms with E-state index in [0.717, 1.165) is 0 Å². The number of nitrogens with two attached hydrogens (primary N) is 2. The lowest BCUT2D eigenvalue weighted by Gasteiger charge is -2.09. The van der Waals surface area contributed by atoms with Gasteiger partial charge in [0.1, 0.15) is 4.60 Å². The summed E-state index contributed by atoms with van der Waals surface area (Å²) in [5.74, 6) is 0.163. The molecule has 0 saturated carbocycles. The molecule has 0 spiro atoms. The van der Waals surface area contributed by atoms with Gasteiger partial charge in [-0.05, 0) is 65.2 Å². The average molecular weight is 858 g/mol. The minimum Gasteiger partial charge on any atom is -0.378 e. The van der Waals surface area contributed by atoms with Crippen LogP contribution < -0.4 is 11.5 Å². The molecule has 20 nitrogen and oxygen atoms in total. The number of hydrogen-bond acceptors (Lipinski definition) is 16. The van der Waals surface area contributed by atoms with Gasteiger partial charge in [0.15, 0.2) is 25.5 Å². The van der Waals surface area contributed by atoms with Gasteiger partial charge >= 0.3 is 11.4 Å². The number of nitrogen functional groups attached to an aromatic ring is 2. The number of anilines is 2. The van der Waals surface area contributed by atoms with Crippen molar-refractivity contribution in [1.82, 2.24) is 39.9 Å². The van der Waals surface area contributed by atoms with Crippen LogP contribution in [0.2, 0.25) is 0 Å². The maximum absolute atomic E-state index is 11.6. The molecule has 6 rings (SSSR count). The number of pyridine rings is 4. The summed E-state index contributed by atoms with van der Waals surface area (Å²) in [4.78, 5) is 36.5. The molecule has 6 heterocycles. The van der Waals surface area contributed by atoms with Gasteiger partial charge in [-0.1, -0.05) is 12.1 Å². The first kappa shape index (κ1) is 41.6. The fourth-order valence-corrected chi connectivity index (χ4v) is 6.17. The summed E-state index contributed by atoms with van der Waals surface area (Å²) < 4.78 is 47.8. The standard InChI is InChI=1S/C16H16N6O4S.C8H10BrNO2S.C8H7N5O2/c1-10(27(2,25)26)11-3-4-14(19-7-11)21-9-12(8-20-21)13-5-6-18-16(17)15(13)22(23)24;1-6(13(2,11)12)7-3-4-8(9)10-5-7;9-8-7(13(14)15)6(1-2-10-8)5-3-11-12-4-5/h3-10H,1-2H3,(H2,17,18);3-6H,1-2H3;1-4H,(H2,9,10)(H,11,12). The molecule has 55 heavy (non-hydrogen) atoms. The molecule has 0 aromatic carbocycles. The van der Waals surface area contributed by atoms with Crippen LogP contribution in [-0.2, 0) is 19.7 Å². The number of hydrogen-bond donors (Lipinski definition) is 3. The smallest absolute Gasteiger partial charge is 0.319 e. The number of nitro groups is 2. The van der Waals surface area contributed by atoms with E-state index >= 15 is 0 Å². The molecule has 23 heteroatoms. The first-order valence-corrected chi connectivity index (χ1v) is 20.3. The van der Waals surface area contributed by atoms with Crippen LogP contribution in [0.25, 0.3) is 28.1 Å². The maximum Gasteiger partial charge on any atom is 0.319 e. The van der Waals surface area contributed by atoms with E-state index in [1.807, 2.05) is 0 Å². The van der Waals surface area contributed by atoms with Crippen LogP contribution in [0.3, 0.4) is 0 Å². The molecule has 5 N–H and O–H groups in total. The monoisotopic (exact) mass is 856 g/mol. The van der Waals surface area contributed by atoms with Crippen LogP contribution in [0.4, 0.5) is 23.0 Å². The van der Waals surface area contributed by atoms with E-state index < -0.39 is 40.0 Å². The second kappa shape index (κ2) is 17.3. The average Bonchev–Trinajstić information content (AvgIpc) is 3.85. The Balaban J connectivity index is 0.000000202. The van der Waals surface area contributed by atoms with Crippen molar-refractivity contribution in [2.45, 2.75) is 24.3 Å². The highest BCUT2D eigenvalue weighted by Gasteiger charge is 2.23. The van der Waals surface area contributed by atoms with Crippen LogP contribution in [0.15, 0.2) is 90.6 Å². The third-order valence-corrected chi connectivity index (χ3v) is 11.5. The highest BCUT2D eigenvalue weighted by Crippen LogP contribution is 2.34. The van der Waals surface area contributed by atoms with E-state index in [1.54, 1.807) is 56.7 Å². The van der Waals surface area contributed by atoms with Crippen LogP contribution >= 0.6 is 15.9 Å². The summed E-state index contributed by atoms with van der Waals surface area (Å²) in [6, 6.07) is 9.78. The topological polar surface area (TPSA) is 305 Å². The van der Waals surface area contributed by atoms with Gasteiger partial charge in [-0.2, -0.15) is 10.2 Å². The molecule has 6 aromatic heterocycles. The van der Waals surface area contributed by atoms with Gasteiger partial charge in [-0.3, -0.25) is 25.3 Å². The summed E-state index contributed by atoms with van der Waals surface area (Å²) >= 11 is 3.18. The van der Waals surface area contributed by atoms with E-state index in [0.29, 0.717) is 43.8 Å². The predicted molar refractivity (Wildman–Crippen MR) is 207 cm³/mol. The molecule has 2 atom stereocenters. The van der Waals surface area contributed by atoms with Gasteiger partial charge in [0.25, 0.3) is 0 Å². The summed E-state index contributed by atoms with van der Waals surface area (Å²) in [5, 5.41) is 31.4. The summed E-state index contributed by atoms with van der Waals surface area (Å²) in [5.41, 5.74) is 13.6. The lowest BCUT2D eigenvalue weighted by Crippen LogP contribution is -2.08. The molecule has 0 saturated heterocycles. The fourth-order valence-electron chi connectivity index (χ4n) is 4.67. The first-order chi connectivity index (χ1) is 25.8. The van der Waals surface area contributed by atoms with Crippen molar-refractivity contribution in [3.05, 3.63) is 122 Å². The summed E-state index contributed by atoms with van der Waals surface area (Å²) in [6.45, 7) is 3.24. The van der Waals surface area contributed by atoms with Crippen molar-refractivity contribution in [1.29, 1.82) is 0 Å². The van der Waals surface area contributed by atoms with Crippen molar-refractivity contribution >= 4 is 58.6 Å². The quantitative estimate of drug-likeness (QED) is 0.0995. The van der Waals surface area contributed by atoms with Gasteiger partial charge in [0, 0.05) is 60.8 Å². The molecule has 2 unspecified atom stereocenters. The highest BCUT2D eigenvalue weighted by atomic mass is 79.9. The molecule has 0 bridgehead atoms. The van der Waals surface area contributed by atoms with Crippen molar-refractivity contribution in [2.75, 3.05) is 24.0 Å². The predicted octanol–water partition coefficient (Wildman–Crippen LogP) is 4.84. The van der Waals surface area contributed by atoms with Crippen LogP contribution in [0, 0.1) is 20.2 Å². The second-order valence-corrected chi connectivity index (χ2v) is 17.2. The Morgan fingerprint density at radius 1 is 0.727 bits per heavy atom. The number of halogens is 1. The van der Waals surface area contributed by atoms with Gasteiger partial charge in [-0.25, -0.2) is 41.5 Å². The molecule has 0 amide bonds. The highest BCUT2D eigenvalue weighted by molar-refractivity contribution is 9.10. The van der Waals surface area contributed by atoms with E-state index in [1.165, 1.54) is 60.3 Å². The van der Waals surface area contributed by atoms with Gasteiger partial charge in [0.2, 0.25) is 11.6 Å². The molecule has 0 aliphatic heterocycles. The number of rotatable bonds is 9. The lowest BCUT2D eigenvalue weighted by molar-refractivity contribution is -0.383. The van der Waals surface area contributed by atoms with Crippen LogP contribution in [0.5, 0.6) is 0 Å². The zero-order valence-corrected chi connectivity index (χ0v) is 32.6. The van der Waals surface area contributed by atoms with Crippen molar-refractivity contribution < 1.29 is 26.7 Å². The van der Waals surface area contributed by atoms with E-state index in [4.69, 9.17) is 11.5 Å². The number of nitrogens with zero attached hydrogens (tertiary/aromatic N) is 9. The molecule has 288 valence electrons. The Hall–Kier alpha value is -6.20. The SMILES string of the molecule is CC(c1ccc(-n2cc(-c3ccnc(N)c3[N+](=O)[O-])cn2)nc1)S(C)(=O)=O.CC(c1ccc(Br)nc1)S(C)(=O)=O.Nc1nccc(-c2cn[nH]c2)c1[N+](=O)[O-]. The van der Waals surface area contributed by atoms with Gasteiger partial charge in [0.05, 0.1) is 43.9 Å². The molecule has 6 aromatic rings. The Bertz CT molecular complexity index is 2520. The van der Waals surface area contributed by atoms with Crippen LogP contribution in [0.1, 0.15) is 35.5 Å².